The van der Waals surface area contributed by atoms with Crippen LogP contribution in [0.2, 0.25) is 0 Å². The van der Waals surface area contributed by atoms with Gasteiger partial charge in [0, 0.05) is 19.3 Å². The Labute approximate surface area is 158 Å². The van der Waals surface area contributed by atoms with Crippen molar-refractivity contribution in [2.75, 3.05) is 11.6 Å². The molecule has 1 aliphatic heterocycles. The molecule has 0 unspecified atom stereocenters. The van der Waals surface area contributed by atoms with Gasteiger partial charge in [-0.05, 0) is 29.8 Å². The van der Waals surface area contributed by atoms with E-state index in [0.29, 0.717) is 0 Å². The standard InChI is InChI=1S/C22H21N5/c1-2-8-18(9-3-1)14-26-16-25(15-19-10-6-7-13-23-19)17-27-21-12-5-4-11-20(21)24-22(26)27/h1-13H,14-17H2. The molecular weight excluding hydrogens is 334 g/mol. The summed E-state index contributed by atoms with van der Waals surface area (Å²) < 4.78 is 2.31. The third-order valence-electron chi connectivity index (χ3n) is 4.96. The molecule has 0 N–H and O–H groups in total. The molecule has 0 amide bonds. The summed E-state index contributed by atoms with van der Waals surface area (Å²) in [6.45, 7) is 3.30. The predicted octanol–water partition coefficient (Wildman–Crippen LogP) is 3.87. The minimum atomic E-state index is 0.817. The number of nitrogens with zero attached hydrogens (tertiary/aromatic N) is 5. The molecule has 0 saturated carbocycles. The number of hydrogen-bond donors (Lipinski definition) is 0. The van der Waals surface area contributed by atoms with Gasteiger partial charge in [-0.15, -0.1) is 0 Å². The molecule has 5 rings (SSSR count). The van der Waals surface area contributed by atoms with Crippen LogP contribution in [0.5, 0.6) is 0 Å². The molecule has 3 heterocycles. The molecule has 0 aliphatic carbocycles. The van der Waals surface area contributed by atoms with Gasteiger partial charge in [-0.2, -0.15) is 0 Å². The normalized spacial score (nSPS) is 14.4. The number of aromatic nitrogens is 3. The van der Waals surface area contributed by atoms with Crippen LogP contribution in [0.15, 0.2) is 79.0 Å². The van der Waals surface area contributed by atoms with Crippen LogP contribution in [-0.2, 0) is 19.8 Å². The van der Waals surface area contributed by atoms with E-state index in [1.54, 1.807) is 0 Å². The van der Waals surface area contributed by atoms with Gasteiger partial charge < -0.3 is 4.90 Å². The molecule has 0 radical (unpaired) electrons. The van der Waals surface area contributed by atoms with Gasteiger partial charge >= 0.3 is 0 Å². The summed E-state index contributed by atoms with van der Waals surface area (Å²) >= 11 is 0. The van der Waals surface area contributed by atoms with Gasteiger partial charge in [0.1, 0.15) is 0 Å². The Hall–Kier alpha value is -3.18. The van der Waals surface area contributed by atoms with Crippen LogP contribution in [0.25, 0.3) is 11.0 Å². The first kappa shape index (κ1) is 16.0. The van der Waals surface area contributed by atoms with Gasteiger partial charge in [0.15, 0.2) is 0 Å². The first-order chi connectivity index (χ1) is 13.4. The van der Waals surface area contributed by atoms with Crippen molar-refractivity contribution < 1.29 is 0 Å². The highest BCUT2D eigenvalue weighted by atomic mass is 15.5. The first-order valence-corrected chi connectivity index (χ1v) is 9.23. The Morgan fingerprint density at radius 2 is 1.59 bits per heavy atom. The van der Waals surface area contributed by atoms with E-state index in [1.807, 2.05) is 18.3 Å². The van der Waals surface area contributed by atoms with Crippen LogP contribution in [0.3, 0.4) is 0 Å². The molecule has 0 bridgehead atoms. The maximum absolute atomic E-state index is 4.92. The van der Waals surface area contributed by atoms with Crippen LogP contribution in [0.1, 0.15) is 11.3 Å². The van der Waals surface area contributed by atoms with E-state index >= 15 is 0 Å². The highest BCUT2D eigenvalue weighted by Gasteiger charge is 2.26. The molecule has 4 aromatic rings. The van der Waals surface area contributed by atoms with Crippen molar-refractivity contribution in [1.82, 2.24) is 19.4 Å². The second-order valence-corrected chi connectivity index (χ2v) is 6.94. The highest BCUT2D eigenvalue weighted by molar-refractivity contribution is 5.79. The molecule has 27 heavy (non-hydrogen) atoms. The number of benzene rings is 2. The maximum atomic E-state index is 4.92. The number of imidazole rings is 1. The lowest BCUT2D eigenvalue weighted by Gasteiger charge is -2.37. The molecule has 0 atom stereocenters. The Balaban J connectivity index is 1.51. The van der Waals surface area contributed by atoms with Gasteiger partial charge in [0.25, 0.3) is 0 Å². The largest absolute Gasteiger partial charge is 0.325 e. The summed E-state index contributed by atoms with van der Waals surface area (Å²) in [4.78, 5) is 14.2. The second-order valence-electron chi connectivity index (χ2n) is 6.94. The fourth-order valence-corrected chi connectivity index (χ4v) is 3.74. The molecule has 2 aromatic heterocycles. The first-order valence-electron chi connectivity index (χ1n) is 9.23. The van der Waals surface area contributed by atoms with Crippen molar-refractivity contribution in [3.05, 3.63) is 90.3 Å². The Morgan fingerprint density at radius 1 is 0.778 bits per heavy atom. The summed E-state index contributed by atoms with van der Waals surface area (Å²) in [5, 5.41) is 0. The highest BCUT2D eigenvalue weighted by Crippen LogP contribution is 2.28. The summed E-state index contributed by atoms with van der Waals surface area (Å²) in [7, 11) is 0. The van der Waals surface area contributed by atoms with E-state index in [-0.39, 0.29) is 0 Å². The van der Waals surface area contributed by atoms with Crippen LogP contribution in [0.4, 0.5) is 5.95 Å². The maximum Gasteiger partial charge on any atom is 0.209 e. The SMILES string of the molecule is c1ccc(CN2CN(Cc3ccccn3)Cn3c2nc2ccccc23)cc1. The number of para-hydroxylation sites is 2. The van der Waals surface area contributed by atoms with E-state index in [2.05, 4.69) is 80.0 Å². The number of rotatable bonds is 4. The molecule has 134 valence electrons. The molecule has 0 spiro atoms. The monoisotopic (exact) mass is 355 g/mol. The van der Waals surface area contributed by atoms with Gasteiger partial charge in [0.05, 0.1) is 30.1 Å². The smallest absolute Gasteiger partial charge is 0.209 e. The zero-order valence-corrected chi connectivity index (χ0v) is 15.1. The van der Waals surface area contributed by atoms with E-state index < -0.39 is 0 Å². The third kappa shape index (κ3) is 3.17. The van der Waals surface area contributed by atoms with Crippen molar-refractivity contribution >= 4 is 17.0 Å². The molecule has 0 fully saturated rings. The predicted molar refractivity (Wildman–Crippen MR) is 107 cm³/mol. The summed E-state index contributed by atoms with van der Waals surface area (Å²) in [6, 6.07) is 25.0. The Kier molecular flexibility index (Phi) is 4.07. The number of fused-ring (bicyclic) bond motifs is 3. The number of pyridine rings is 1. The van der Waals surface area contributed by atoms with Gasteiger partial charge in [-0.25, -0.2) is 4.98 Å². The fraction of sp³-hybridized carbons (Fsp3) is 0.182. The topological polar surface area (TPSA) is 37.2 Å². The van der Waals surface area contributed by atoms with Crippen molar-refractivity contribution in [2.45, 2.75) is 19.8 Å². The number of anilines is 1. The molecular formula is C22H21N5. The Bertz CT molecular complexity index is 1040. The quantitative estimate of drug-likeness (QED) is 0.557. The average molecular weight is 355 g/mol. The lowest BCUT2D eigenvalue weighted by molar-refractivity contribution is 0.187. The van der Waals surface area contributed by atoms with Crippen LogP contribution >= 0.6 is 0 Å². The molecule has 5 heteroatoms. The van der Waals surface area contributed by atoms with Crippen LogP contribution < -0.4 is 4.90 Å². The van der Waals surface area contributed by atoms with Crippen LogP contribution in [0, 0.1) is 0 Å². The minimum absolute atomic E-state index is 0.817. The Morgan fingerprint density at radius 3 is 2.44 bits per heavy atom. The summed E-state index contributed by atoms with van der Waals surface area (Å²) in [5.41, 5.74) is 4.60. The molecule has 1 aliphatic rings. The molecule has 2 aromatic carbocycles. The van der Waals surface area contributed by atoms with E-state index in [9.17, 15) is 0 Å². The number of hydrogen-bond acceptors (Lipinski definition) is 4. The zero-order chi connectivity index (χ0) is 18.1. The van der Waals surface area contributed by atoms with Gasteiger partial charge in [-0.1, -0.05) is 48.5 Å². The van der Waals surface area contributed by atoms with E-state index in [0.717, 1.165) is 43.6 Å². The van der Waals surface area contributed by atoms with Gasteiger partial charge in [0.2, 0.25) is 5.95 Å². The van der Waals surface area contributed by atoms with E-state index in [4.69, 9.17) is 4.98 Å². The third-order valence-corrected chi connectivity index (χ3v) is 4.96. The lowest BCUT2D eigenvalue weighted by atomic mass is 10.2. The fourth-order valence-electron chi connectivity index (χ4n) is 3.74. The minimum Gasteiger partial charge on any atom is -0.325 e. The molecule has 0 saturated heterocycles. The average Bonchev–Trinajstić information content (AvgIpc) is 3.09. The van der Waals surface area contributed by atoms with Crippen LogP contribution in [-0.4, -0.2) is 26.1 Å². The lowest BCUT2D eigenvalue weighted by Crippen LogP contribution is -2.44. The van der Waals surface area contributed by atoms with Gasteiger partial charge in [-0.3, -0.25) is 14.5 Å². The van der Waals surface area contributed by atoms with E-state index in [1.165, 1.54) is 11.1 Å². The van der Waals surface area contributed by atoms with Crippen molar-refractivity contribution in [1.29, 1.82) is 0 Å². The zero-order valence-electron chi connectivity index (χ0n) is 15.1. The van der Waals surface area contributed by atoms with Crippen molar-refractivity contribution in [2.24, 2.45) is 0 Å². The summed E-state index contributed by atoms with van der Waals surface area (Å²) in [5.74, 6) is 1.04. The van der Waals surface area contributed by atoms with Crippen molar-refractivity contribution in [3.8, 4) is 0 Å². The summed E-state index contributed by atoms with van der Waals surface area (Å²) in [6.07, 6.45) is 1.86. The van der Waals surface area contributed by atoms with Crippen molar-refractivity contribution in [3.63, 3.8) is 0 Å². The second kappa shape index (κ2) is 6.85. The molecule has 5 nitrogen and oxygen atoms in total.